The van der Waals surface area contributed by atoms with Crippen LogP contribution in [0.1, 0.15) is 17.2 Å². The van der Waals surface area contributed by atoms with Crippen molar-refractivity contribution in [3.63, 3.8) is 0 Å². The van der Waals surface area contributed by atoms with Gasteiger partial charge in [-0.1, -0.05) is 30.3 Å². The van der Waals surface area contributed by atoms with E-state index in [2.05, 4.69) is 0 Å². The number of amides is 3. The molecule has 0 saturated carbocycles. The number of urea groups is 1. The maximum Gasteiger partial charge on any atom is 0.325 e. The molecule has 9 heteroatoms. The van der Waals surface area contributed by atoms with E-state index < -0.39 is 15.1 Å². The van der Waals surface area contributed by atoms with Crippen LogP contribution in [0.4, 0.5) is 14.9 Å². The predicted octanol–water partition coefficient (Wildman–Crippen LogP) is 2.46. The van der Waals surface area contributed by atoms with E-state index in [4.69, 9.17) is 0 Å². The van der Waals surface area contributed by atoms with E-state index in [1.54, 1.807) is 12.1 Å². The fourth-order valence-electron chi connectivity index (χ4n) is 4.09. The minimum Gasteiger partial charge on any atom is -0.340 e. The summed E-state index contributed by atoms with van der Waals surface area (Å²) in [6.07, 6.45) is 0.327. The maximum absolute atomic E-state index is 13.1. The lowest BCUT2D eigenvalue weighted by atomic mass is 10.1. The molecule has 2 aliphatic rings. The monoisotopic (exact) mass is 445 g/mol. The molecule has 2 heterocycles. The second kappa shape index (κ2) is 8.66. The van der Waals surface area contributed by atoms with Crippen LogP contribution in [0.2, 0.25) is 0 Å². The summed E-state index contributed by atoms with van der Waals surface area (Å²) in [5.74, 6) is -0.751. The van der Waals surface area contributed by atoms with Crippen LogP contribution in [0.15, 0.2) is 54.6 Å². The summed E-state index contributed by atoms with van der Waals surface area (Å²) in [7, 11) is -3.38. The highest BCUT2D eigenvalue weighted by Crippen LogP contribution is 2.29. The average molecular weight is 446 g/mol. The van der Waals surface area contributed by atoms with Crippen LogP contribution in [0.3, 0.4) is 0 Å². The number of halogens is 1. The number of hydrogen-bond donors (Lipinski definition) is 0. The minimum atomic E-state index is -3.38. The third-order valence-electron chi connectivity index (χ3n) is 5.82. The SMILES string of the molecule is O=C(CN1CCN(c2ccc(F)cc2)C1=O)N1CCC(c2ccccc2)S(=O)(=O)CC1. The van der Waals surface area contributed by atoms with Crippen molar-refractivity contribution in [3.05, 3.63) is 66.0 Å². The van der Waals surface area contributed by atoms with Crippen LogP contribution >= 0.6 is 0 Å². The Labute approximate surface area is 181 Å². The summed E-state index contributed by atoms with van der Waals surface area (Å²) in [4.78, 5) is 30.1. The van der Waals surface area contributed by atoms with Gasteiger partial charge in [-0.15, -0.1) is 0 Å². The van der Waals surface area contributed by atoms with E-state index in [-0.39, 0.29) is 36.6 Å². The van der Waals surface area contributed by atoms with Crippen LogP contribution in [0.5, 0.6) is 0 Å². The Morgan fingerprint density at radius 3 is 2.39 bits per heavy atom. The quantitative estimate of drug-likeness (QED) is 0.724. The van der Waals surface area contributed by atoms with Gasteiger partial charge in [0.15, 0.2) is 9.84 Å². The molecule has 3 amide bonds. The Balaban J connectivity index is 1.40. The Kier molecular flexibility index (Phi) is 5.95. The zero-order chi connectivity index (χ0) is 22.0. The number of benzene rings is 2. The van der Waals surface area contributed by atoms with E-state index in [0.29, 0.717) is 31.7 Å². The molecule has 0 bridgehead atoms. The molecule has 0 aliphatic carbocycles. The van der Waals surface area contributed by atoms with Gasteiger partial charge in [0.05, 0.1) is 11.0 Å². The average Bonchev–Trinajstić information content (AvgIpc) is 3.02. The molecule has 31 heavy (non-hydrogen) atoms. The van der Waals surface area contributed by atoms with Crippen LogP contribution in [-0.4, -0.2) is 68.6 Å². The van der Waals surface area contributed by atoms with Crippen molar-refractivity contribution in [2.45, 2.75) is 11.7 Å². The lowest BCUT2D eigenvalue weighted by Gasteiger charge is -2.24. The largest absolute Gasteiger partial charge is 0.340 e. The minimum absolute atomic E-state index is 0.103. The van der Waals surface area contributed by atoms with E-state index in [9.17, 15) is 22.4 Å². The highest BCUT2D eigenvalue weighted by molar-refractivity contribution is 7.91. The van der Waals surface area contributed by atoms with Crippen molar-refractivity contribution in [1.29, 1.82) is 0 Å². The van der Waals surface area contributed by atoms with Gasteiger partial charge in [0.2, 0.25) is 5.91 Å². The first-order valence-corrected chi connectivity index (χ1v) is 11.9. The van der Waals surface area contributed by atoms with Crippen LogP contribution in [-0.2, 0) is 14.6 Å². The van der Waals surface area contributed by atoms with Gasteiger partial charge in [-0.3, -0.25) is 9.69 Å². The normalized spacial score (nSPS) is 21.3. The van der Waals surface area contributed by atoms with Gasteiger partial charge < -0.3 is 9.80 Å². The molecule has 2 saturated heterocycles. The molecule has 2 aromatic rings. The maximum atomic E-state index is 13.1. The third-order valence-corrected chi connectivity index (χ3v) is 7.95. The van der Waals surface area contributed by atoms with Crippen LogP contribution in [0.25, 0.3) is 0 Å². The van der Waals surface area contributed by atoms with E-state index in [1.165, 1.54) is 39.0 Å². The van der Waals surface area contributed by atoms with Crippen molar-refractivity contribution in [3.8, 4) is 0 Å². The second-order valence-corrected chi connectivity index (χ2v) is 10.1. The first kappa shape index (κ1) is 21.3. The summed E-state index contributed by atoms with van der Waals surface area (Å²) in [6, 6.07) is 14.4. The number of rotatable bonds is 4. The van der Waals surface area contributed by atoms with E-state index in [1.807, 2.05) is 18.2 Å². The molecule has 1 unspecified atom stereocenters. The number of carbonyl (C=O) groups excluding carboxylic acids is 2. The number of anilines is 1. The number of sulfone groups is 1. The molecule has 2 aliphatic heterocycles. The smallest absolute Gasteiger partial charge is 0.325 e. The summed E-state index contributed by atoms with van der Waals surface area (Å²) in [5.41, 5.74) is 1.31. The fraction of sp³-hybridized carbons (Fsp3) is 0.364. The van der Waals surface area contributed by atoms with E-state index in [0.717, 1.165) is 5.56 Å². The first-order chi connectivity index (χ1) is 14.8. The zero-order valence-corrected chi connectivity index (χ0v) is 17.8. The molecule has 4 rings (SSSR count). The lowest BCUT2D eigenvalue weighted by molar-refractivity contribution is -0.131. The van der Waals surface area contributed by atoms with Gasteiger partial charge >= 0.3 is 6.03 Å². The molecule has 7 nitrogen and oxygen atoms in total. The van der Waals surface area contributed by atoms with Crippen LogP contribution < -0.4 is 4.90 Å². The number of hydrogen-bond acceptors (Lipinski definition) is 4. The van der Waals surface area contributed by atoms with Gasteiger partial charge in [-0.25, -0.2) is 17.6 Å². The molecule has 2 aromatic carbocycles. The topological polar surface area (TPSA) is 78.0 Å². The Hall–Kier alpha value is -2.94. The predicted molar refractivity (Wildman–Crippen MR) is 115 cm³/mol. The van der Waals surface area contributed by atoms with Gasteiger partial charge in [-0.2, -0.15) is 0 Å². The van der Waals surface area contributed by atoms with Gasteiger partial charge in [0.25, 0.3) is 0 Å². The zero-order valence-electron chi connectivity index (χ0n) is 17.0. The lowest BCUT2D eigenvalue weighted by Crippen LogP contribution is -2.43. The summed E-state index contributed by atoms with van der Waals surface area (Å²) >= 11 is 0. The van der Waals surface area contributed by atoms with Gasteiger partial charge in [0, 0.05) is 31.9 Å². The van der Waals surface area contributed by atoms with Crippen molar-refractivity contribution in [2.24, 2.45) is 0 Å². The van der Waals surface area contributed by atoms with Gasteiger partial charge in [0.1, 0.15) is 12.4 Å². The molecule has 2 fully saturated rings. The Bertz CT molecular complexity index is 1060. The first-order valence-electron chi connectivity index (χ1n) is 10.2. The molecule has 0 aromatic heterocycles. The Morgan fingerprint density at radius 2 is 1.68 bits per heavy atom. The molecular formula is C22H24FN3O4S. The van der Waals surface area contributed by atoms with E-state index >= 15 is 0 Å². The highest BCUT2D eigenvalue weighted by Gasteiger charge is 2.35. The van der Waals surface area contributed by atoms with Gasteiger partial charge in [-0.05, 0) is 36.2 Å². The number of nitrogens with zero attached hydrogens (tertiary/aromatic N) is 3. The molecular weight excluding hydrogens is 421 g/mol. The molecule has 0 spiro atoms. The number of carbonyl (C=O) groups is 2. The van der Waals surface area contributed by atoms with Crippen molar-refractivity contribution < 1.29 is 22.4 Å². The second-order valence-electron chi connectivity index (χ2n) is 7.77. The standard InChI is InChI=1S/C22H24FN3O4S/c23-18-6-8-19(9-7-18)26-13-12-25(22(26)28)16-21(27)24-11-10-20(31(29,30)15-14-24)17-4-2-1-3-5-17/h1-9,20H,10-16H2. The van der Waals surface area contributed by atoms with Crippen molar-refractivity contribution >= 4 is 27.5 Å². The molecule has 0 N–H and O–H groups in total. The molecule has 0 radical (unpaired) electrons. The molecule has 164 valence electrons. The summed E-state index contributed by atoms with van der Waals surface area (Å²) < 4.78 is 38.7. The third kappa shape index (κ3) is 4.56. The van der Waals surface area contributed by atoms with Crippen LogP contribution in [0, 0.1) is 5.82 Å². The van der Waals surface area contributed by atoms with Crippen molar-refractivity contribution in [2.75, 3.05) is 43.4 Å². The highest BCUT2D eigenvalue weighted by atomic mass is 32.2. The fourth-order valence-corrected chi connectivity index (χ4v) is 5.88. The summed E-state index contributed by atoms with van der Waals surface area (Å²) in [6.45, 7) is 1.12. The summed E-state index contributed by atoms with van der Waals surface area (Å²) in [5, 5.41) is -0.631. The Morgan fingerprint density at radius 1 is 0.968 bits per heavy atom. The molecule has 1 atom stereocenters. The van der Waals surface area contributed by atoms with Crippen molar-refractivity contribution in [1.82, 2.24) is 9.80 Å².